The zero-order valence-corrected chi connectivity index (χ0v) is 11.5. The molecule has 1 aromatic carbocycles. The van der Waals surface area contributed by atoms with Crippen LogP contribution in [0.1, 0.15) is 6.42 Å². The monoisotopic (exact) mass is 293 g/mol. The molecule has 1 aliphatic rings. The third-order valence-electron chi connectivity index (χ3n) is 3.03. The number of anilines is 1. The molecule has 6 heteroatoms. The molecule has 1 aliphatic carbocycles. The Labute approximate surface area is 119 Å². The van der Waals surface area contributed by atoms with Crippen LogP contribution in [0.5, 0.6) is 0 Å². The van der Waals surface area contributed by atoms with E-state index in [9.17, 15) is 4.79 Å². The molecule has 3 rings (SSSR count). The van der Waals surface area contributed by atoms with Crippen LogP contribution in [0.3, 0.4) is 0 Å². The van der Waals surface area contributed by atoms with E-state index in [1.165, 1.54) is 11.3 Å². The summed E-state index contributed by atoms with van der Waals surface area (Å²) in [6, 6.07) is 5.45. The Morgan fingerprint density at radius 2 is 2.32 bits per heavy atom. The third kappa shape index (κ3) is 2.63. The Hall–Kier alpha value is -1.43. The van der Waals surface area contributed by atoms with Crippen LogP contribution in [-0.2, 0) is 4.79 Å². The molecule has 0 saturated carbocycles. The highest BCUT2D eigenvalue weighted by Crippen LogP contribution is 2.29. The fraction of sp³-hybridized carbons (Fsp3) is 0.231. The van der Waals surface area contributed by atoms with E-state index < -0.39 is 0 Å². The minimum atomic E-state index is -0.161. The fourth-order valence-electron chi connectivity index (χ4n) is 2.07. The topological polar surface area (TPSA) is 68.0 Å². The number of halogens is 1. The lowest BCUT2D eigenvalue weighted by molar-refractivity contribution is -0.118. The second kappa shape index (κ2) is 4.92. The number of benzene rings is 1. The number of thiazole rings is 1. The van der Waals surface area contributed by atoms with Crippen molar-refractivity contribution in [2.24, 2.45) is 11.7 Å². The van der Waals surface area contributed by atoms with E-state index in [0.29, 0.717) is 16.6 Å². The fourth-order valence-corrected chi connectivity index (χ4v) is 3.22. The zero-order chi connectivity index (χ0) is 13.4. The number of fused-ring (bicyclic) bond motifs is 1. The van der Waals surface area contributed by atoms with Crippen molar-refractivity contribution >= 4 is 44.2 Å². The van der Waals surface area contributed by atoms with E-state index in [4.69, 9.17) is 17.3 Å². The molecule has 0 bridgehead atoms. The first-order valence-electron chi connectivity index (χ1n) is 5.93. The first-order valence-corrected chi connectivity index (χ1v) is 7.12. The largest absolute Gasteiger partial charge is 0.324 e. The number of aromatic nitrogens is 1. The molecular formula is C13H12ClN3OS. The van der Waals surface area contributed by atoms with Gasteiger partial charge in [0.25, 0.3) is 0 Å². The Balaban J connectivity index is 1.78. The highest BCUT2D eigenvalue weighted by atomic mass is 35.5. The first kappa shape index (κ1) is 12.6. The predicted molar refractivity (Wildman–Crippen MR) is 78.5 cm³/mol. The molecule has 2 unspecified atom stereocenters. The van der Waals surface area contributed by atoms with Gasteiger partial charge in [-0.15, -0.1) is 0 Å². The maximum absolute atomic E-state index is 12.0. The Morgan fingerprint density at radius 3 is 3.05 bits per heavy atom. The van der Waals surface area contributed by atoms with Gasteiger partial charge in [0, 0.05) is 11.1 Å². The lowest BCUT2D eigenvalue weighted by Gasteiger charge is -2.07. The highest BCUT2D eigenvalue weighted by Gasteiger charge is 2.23. The van der Waals surface area contributed by atoms with Crippen molar-refractivity contribution < 1.29 is 4.79 Å². The summed E-state index contributed by atoms with van der Waals surface area (Å²) in [6.07, 6.45) is 4.37. The summed E-state index contributed by atoms with van der Waals surface area (Å²) in [5, 5.41) is 4.09. The van der Waals surface area contributed by atoms with Gasteiger partial charge in [0.15, 0.2) is 5.13 Å². The second-order valence-corrected chi connectivity index (χ2v) is 5.98. The van der Waals surface area contributed by atoms with Gasteiger partial charge in [0.1, 0.15) is 0 Å². The lowest BCUT2D eigenvalue weighted by atomic mass is 10.1. The molecule has 0 spiro atoms. The number of nitrogens with one attached hydrogen (secondary N) is 1. The van der Waals surface area contributed by atoms with Crippen LogP contribution in [0.2, 0.25) is 5.02 Å². The van der Waals surface area contributed by atoms with Crippen molar-refractivity contribution in [3.05, 3.63) is 35.4 Å². The van der Waals surface area contributed by atoms with Gasteiger partial charge in [-0.1, -0.05) is 35.1 Å². The van der Waals surface area contributed by atoms with Gasteiger partial charge in [-0.2, -0.15) is 0 Å². The quantitative estimate of drug-likeness (QED) is 0.837. The standard InChI is InChI=1S/C13H12ClN3OS/c14-8-2-4-10-11(6-8)19-13(16-10)17-12(18)7-1-3-9(15)5-7/h1-4,6-7,9H,5,15H2,(H,16,17,18). The molecule has 2 atom stereocenters. The number of rotatable bonds is 2. The number of nitrogens with zero attached hydrogens (tertiary/aromatic N) is 1. The van der Waals surface area contributed by atoms with Crippen molar-refractivity contribution in [3.63, 3.8) is 0 Å². The summed E-state index contributed by atoms with van der Waals surface area (Å²) in [4.78, 5) is 16.4. The molecule has 4 nitrogen and oxygen atoms in total. The van der Waals surface area contributed by atoms with Gasteiger partial charge in [0.2, 0.25) is 5.91 Å². The van der Waals surface area contributed by atoms with E-state index in [0.717, 1.165) is 10.2 Å². The molecule has 2 aromatic rings. The molecule has 1 aromatic heterocycles. The summed E-state index contributed by atoms with van der Waals surface area (Å²) < 4.78 is 0.960. The Bertz CT molecular complexity index is 667. The number of nitrogens with two attached hydrogens (primary N) is 1. The summed E-state index contributed by atoms with van der Waals surface area (Å²) in [5.41, 5.74) is 6.58. The van der Waals surface area contributed by atoms with E-state index in [-0.39, 0.29) is 17.9 Å². The predicted octanol–water partition coefficient (Wildman–Crippen LogP) is 2.79. The van der Waals surface area contributed by atoms with E-state index >= 15 is 0 Å². The van der Waals surface area contributed by atoms with E-state index in [1.54, 1.807) is 6.07 Å². The molecule has 3 N–H and O–H groups in total. The summed E-state index contributed by atoms with van der Waals surface area (Å²) >= 11 is 7.34. The number of hydrogen-bond acceptors (Lipinski definition) is 4. The van der Waals surface area contributed by atoms with Crippen LogP contribution in [0, 0.1) is 5.92 Å². The second-order valence-electron chi connectivity index (χ2n) is 4.51. The number of carbonyl (C=O) groups excluding carboxylic acids is 1. The molecular weight excluding hydrogens is 282 g/mol. The molecule has 0 radical (unpaired) electrons. The molecule has 0 aliphatic heterocycles. The number of carbonyl (C=O) groups is 1. The molecule has 1 heterocycles. The smallest absolute Gasteiger partial charge is 0.233 e. The molecule has 0 fully saturated rings. The van der Waals surface area contributed by atoms with Gasteiger partial charge < -0.3 is 11.1 Å². The van der Waals surface area contributed by atoms with Crippen LogP contribution in [0.25, 0.3) is 10.2 Å². The van der Waals surface area contributed by atoms with Crippen molar-refractivity contribution in [3.8, 4) is 0 Å². The summed E-state index contributed by atoms with van der Waals surface area (Å²) in [7, 11) is 0. The van der Waals surface area contributed by atoms with Gasteiger partial charge in [0.05, 0.1) is 16.1 Å². The van der Waals surface area contributed by atoms with Crippen molar-refractivity contribution in [2.45, 2.75) is 12.5 Å². The molecule has 1 amide bonds. The minimum Gasteiger partial charge on any atom is -0.324 e. The van der Waals surface area contributed by atoms with Crippen LogP contribution >= 0.6 is 22.9 Å². The molecule has 19 heavy (non-hydrogen) atoms. The van der Waals surface area contributed by atoms with E-state index in [1.807, 2.05) is 24.3 Å². The van der Waals surface area contributed by atoms with Gasteiger partial charge in [-0.05, 0) is 24.6 Å². The molecule has 0 saturated heterocycles. The highest BCUT2D eigenvalue weighted by molar-refractivity contribution is 7.22. The van der Waals surface area contributed by atoms with Gasteiger partial charge in [-0.25, -0.2) is 4.98 Å². The van der Waals surface area contributed by atoms with Crippen molar-refractivity contribution in [1.82, 2.24) is 4.98 Å². The third-order valence-corrected chi connectivity index (χ3v) is 4.20. The summed E-state index contributed by atoms with van der Waals surface area (Å²) in [6.45, 7) is 0. The number of amides is 1. The molecule has 98 valence electrons. The van der Waals surface area contributed by atoms with E-state index in [2.05, 4.69) is 10.3 Å². The van der Waals surface area contributed by atoms with Gasteiger partial charge in [-0.3, -0.25) is 4.79 Å². The maximum Gasteiger partial charge on any atom is 0.233 e. The average Bonchev–Trinajstić information content (AvgIpc) is 2.94. The minimum absolute atomic E-state index is 0.0232. The SMILES string of the molecule is NC1C=CC(C(=O)Nc2nc3ccc(Cl)cc3s2)C1. The van der Waals surface area contributed by atoms with Crippen LogP contribution in [0.4, 0.5) is 5.13 Å². The average molecular weight is 294 g/mol. The van der Waals surface area contributed by atoms with Gasteiger partial charge >= 0.3 is 0 Å². The maximum atomic E-state index is 12.0. The summed E-state index contributed by atoms with van der Waals surface area (Å²) in [5.74, 6) is -0.222. The zero-order valence-electron chi connectivity index (χ0n) is 9.97. The first-order chi connectivity index (χ1) is 9.11. The van der Waals surface area contributed by atoms with Crippen LogP contribution in [0.15, 0.2) is 30.4 Å². The number of hydrogen-bond donors (Lipinski definition) is 2. The van der Waals surface area contributed by atoms with Crippen LogP contribution in [-0.4, -0.2) is 16.9 Å². The van der Waals surface area contributed by atoms with Crippen molar-refractivity contribution in [2.75, 3.05) is 5.32 Å². The van der Waals surface area contributed by atoms with Crippen molar-refractivity contribution in [1.29, 1.82) is 0 Å². The van der Waals surface area contributed by atoms with Crippen LogP contribution < -0.4 is 11.1 Å². The lowest BCUT2D eigenvalue weighted by Crippen LogP contribution is -2.23. The Morgan fingerprint density at radius 1 is 1.47 bits per heavy atom. The Kier molecular flexibility index (Phi) is 3.26. The normalized spacial score (nSPS) is 22.0.